The SMILES string of the molecule is COc1ccccc1Cc1nnc(S[C@@H]2CCOC2=O)o1. The molecular weight excluding hydrogens is 292 g/mol. The summed E-state index contributed by atoms with van der Waals surface area (Å²) < 4.78 is 15.8. The second kappa shape index (κ2) is 6.17. The standard InChI is InChI=1S/C14H14N2O4S/c1-18-10-5-3-2-4-9(10)8-12-15-16-14(20-12)21-11-6-7-19-13(11)17/h2-5,11H,6-8H2,1H3/t11-/m1/s1. The third-order valence-electron chi connectivity index (χ3n) is 3.11. The average Bonchev–Trinajstić information content (AvgIpc) is 3.10. The number of hydrogen-bond donors (Lipinski definition) is 0. The maximum absolute atomic E-state index is 11.4. The second-order valence-electron chi connectivity index (χ2n) is 4.51. The monoisotopic (exact) mass is 306 g/mol. The van der Waals surface area contributed by atoms with Gasteiger partial charge in [0, 0.05) is 12.0 Å². The van der Waals surface area contributed by atoms with E-state index in [0.29, 0.717) is 30.6 Å². The highest BCUT2D eigenvalue weighted by Crippen LogP contribution is 2.29. The molecule has 0 N–H and O–H groups in total. The van der Waals surface area contributed by atoms with Crippen LogP contribution in [0, 0.1) is 0 Å². The van der Waals surface area contributed by atoms with Gasteiger partial charge in [-0.3, -0.25) is 4.79 Å². The van der Waals surface area contributed by atoms with E-state index in [0.717, 1.165) is 11.3 Å². The second-order valence-corrected chi connectivity index (χ2v) is 5.67. The van der Waals surface area contributed by atoms with E-state index in [9.17, 15) is 4.79 Å². The molecule has 1 saturated heterocycles. The molecule has 1 aromatic heterocycles. The average molecular weight is 306 g/mol. The van der Waals surface area contributed by atoms with Gasteiger partial charge in [0.1, 0.15) is 11.0 Å². The first-order chi connectivity index (χ1) is 10.3. The van der Waals surface area contributed by atoms with Crippen molar-refractivity contribution in [1.82, 2.24) is 10.2 Å². The van der Waals surface area contributed by atoms with Gasteiger partial charge < -0.3 is 13.9 Å². The number of thioether (sulfide) groups is 1. The molecule has 1 aromatic carbocycles. The van der Waals surface area contributed by atoms with E-state index in [1.54, 1.807) is 7.11 Å². The summed E-state index contributed by atoms with van der Waals surface area (Å²) in [5, 5.41) is 8.12. The number of hydrogen-bond acceptors (Lipinski definition) is 7. The number of rotatable bonds is 5. The molecule has 1 fully saturated rings. The summed E-state index contributed by atoms with van der Waals surface area (Å²) >= 11 is 1.25. The number of carbonyl (C=O) groups is 1. The van der Waals surface area contributed by atoms with Crippen LogP contribution in [-0.4, -0.2) is 35.1 Å². The molecule has 0 aliphatic carbocycles. The molecule has 0 amide bonds. The Morgan fingerprint density at radius 3 is 3.00 bits per heavy atom. The zero-order valence-corrected chi connectivity index (χ0v) is 12.3. The molecule has 3 rings (SSSR count). The van der Waals surface area contributed by atoms with Crippen molar-refractivity contribution >= 4 is 17.7 Å². The molecule has 6 nitrogen and oxygen atoms in total. The molecule has 1 aliphatic rings. The van der Waals surface area contributed by atoms with Gasteiger partial charge in [-0.05, 0) is 17.8 Å². The number of esters is 1. The van der Waals surface area contributed by atoms with Crippen LogP contribution in [0.5, 0.6) is 5.75 Å². The largest absolute Gasteiger partial charge is 0.496 e. The number of cyclic esters (lactones) is 1. The lowest BCUT2D eigenvalue weighted by Gasteiger charge is -2.05. The molecule has 2 aromatic rings. The van der Waals surface area contributed by atoms with Crippen molar-refractivity contribution in [3.05, 3.63) is 35.7 Å². The summed E-state index contributed by atoms with van der Waals surface area (Å²) in [6.07, 6.45) is 1.17. The topological polar surface area (TPSA) is 74.5 Å². The third kappa shape index (κ3) is 3.18. The lowest BCUT2D eigenvalue weighted by Crippen LogP contribution is -2.09. The van der Waals surface area contributed by atoms with Gasteiger partial charge >= 0.3 is 5.97 Å². The minimum absolute atomic E-state index is 0.218. The molecule has 1 atom stereocenters. The smallest absolute Gasteiger partial charge is 0.319 e. The highest BCUT2D eigenvalue weighted by molar-refractivity contribution is 8.00. The van der Waals surface area contributed by atoms with Crippen LogP contribution in [-0.2, 0) is 16.0 Å². The van der Waals surface area contributed by atoms with Crippen LogP contribution in [0.15, 0.2) is 33.9 Å². The number of para-hydroxylation sites is 1. The van der Waals surface area contributed by atoms with Crippen molar-refractivity contribution in [3.8, 4) is 5.75 Å². The van der Waals surface area contributed by atoms with Gasteiger partial charge in [0.15, 0.2) is 0 Å². The zero-order valence-electron chi connectivity index (χ0n) is 11.4. The van der Waals surface area contributed by atoms with Gasteiger partial charge in [0.25, 0.3) is 5.22 Å². The number of nitrogens with zero attached hydrogens (tertiary/aromatic N) is 2. The number of methoxy groups -OCH3 is 1. The third-order valence-corrected chi connectivity index (χ3v) is 4.19. The maximum atomic E-state index is 11.4. The van der Waals surface area contributed by atoms with Crippen LogP contribution in [0.2, 0.25) is 0 Å². The Balaban J connectivity index is 1.69. The number of aromatic nitrogens is 2. The van der Waals surface area contributed by atoms with E-state index in [1.165, 1.54) is 11.8 Å². The highest BCUT2D eigenvalue weighted by Gasteiger charge is 2.29. The van der Waals surface area contributed by atoms with E-state index in [1.807, 2.05) is 24.3 Å². The van der Waals surface area contributed by atoms with E-state index in [2.05, 4.69) is 10.2 Å². The summed E-state index contributed by atoms with van der Waals surface area (Å²) in [5.74, 6) is 1.06. The first kappa shape index (κ1) is 13.9. The quantitative estimate of drug-likeness (QED) is 0.783. The van der Waals surface area contributed by atoms with Crippen molar-refractivity contribution in [3.63, 3.8) is 0 Å². The molecule has 0 unspecified atom stereocenters. The van der Waals surface area contributed by atoms with E-state index in [-0.39, 0.29) is 11.2 Å². The van der Waals surface area contributed by atoms with Gasteiger partial charge in [-0.2, -0.15) is 0 Å². The fraction of sp³-hybridized carbons (Fsp3) is 0.357. The van der Waals surface area contributed by atoms with Gasteiger partial charge in [0.2, 0.25) is 5.89 Å². The van der Waals surface area contributed by atoms with Crippen molar-refractivity contribution in [1.29, 1.82) is 0 Å². The summed E-state index contributed by atoms with van der Waals surface area (Å²) in [6.45, 7) is 0.457. The van der Waals surface area contributed by atoms with Crippen molar-refractivity contribution in [2.45, 2.75) is 23.3 Å². The normalized spacial score (nSPS) is 17.8. The first-order valence-electron chi connectivity index (χ1n) is 6.54. The van der Waals surface area contributed by atoms with Gasteiger partial charge in [-0.15, -0.1) is 10.2 Å². The maximum Gasteiger partial charge on any atom is 0.319 e. The van der Waals surface area contributed by atoms with Crippen LogP contribution < -0.4 is 4.74 Å². The Bertz CT molecular complexity index is 643. The number of carbonyl (C=O) groups excluding carboxylic acids is 1. The summed E-state index contributed by atoms with van der Waals surface area (Å²) in [6, 6.07) is 7.67. The summed E-state index contributed by atoms with van der Waals surface area (Å²) in [7, 11) is 1.62. The molecule has 0 radical (unpaired) electrons. The molecule has 0 spiro atoms. The van der Waals surface area contributed by atoms with E-state index < -0.39 is 0 Å². The molecule has 0 saturated carbocycles. The molecule has 2 heterocycles. The van der Waals surface area contributed by atoms with Crippen molar-refractivity contribution in [2.24, 2.45) is 0 Å². The molecular formula is C14H14N2O4S. The lowest BCUT2D eigenvalue weighted by atomic mass is 10.1. The zero-order chi connectivity index (χ0) is 14.7. The van der Waals surface area contributed by atoms with Gasteiger partial charge in [-0.25, -0.2) is 0 Å². The molecule has 110 valence electrons. The Hall–Kier alpha value is -2.02. The Morgan fingerprint density at radius 2 is 2.24 bits per heavy atom. The fourth-order valence-electron chi connectivity index (χ4n) is 2.08. The predicted octanol–water partition coefficient (Wildman–Crippen LogP) is 2.08. The van der Waals surface area contributed by atoms with Crippen LogP contribution in [0.1, 0.15) is 17.9 Å². The minimum Gasteiger partial charge on any atom is -0.496 e. The van der Waals surface area contributed by atoms with Crippen LogP contribution in [0.4, 0.5) is 0 Å². The number of benzene rings is 1. The van der Waals surface area contributed by atoms with Crippen molar-refractivity contribution < 1.29 is 18.7 Å². The predicted molar refractivity (Wildman–Crippen MR) is 75.3 cm³/mol. The Kier molecular flexibility index (Phi) is 4.10. The van der Waals surface area contributed by atoms with E-state index in [4.69, 9.17) is 13.9 Å². The Labute approximate surface area is 125 Å². The minimum atomic E-state index is -0.246. The lowest BCUT2D eigenvalue weighted by molar-refractivity contribution is -0.137. The van der Waals surface area contributed by atoms with Gasteiger partial charge in [-0.1, -0.05) is 18.2 Å². The molecule has 7 heteroatoms. The summed E-state index contributed by atoms with van der Waals surface area (Å²) in [4.78, 5) is 11.4. The fourth-order valence-corrected chi connectivity index (χ4v) is 2.93. The van der Waals surface area contributed by atoms with Crippen LogP contribution in [0.3, 0.4) is 0 Å². The van der Waals surface area contributed by atoms with E-state index >= 15 is 0 Å². The van der Waals surface area contributed by atoms with Gasteiger partial charge in [0.05, 0.1) is 20.1 Å². The Morgan fingerprint density at radius 1 is 1.38 bits per heavy atom. The highest BCUT2D eigenvalue weighted by atomic mass is 32.2. The van der Waals surface area contributed by atoms with Crippen LogP contribution in [0.25, 0.3) is 0 Å². The summed E-state index contributed by atoms with van der Waals surface area (Å²) in [5.41, 5.74) is 0.973. The molecule has 21 heavy (non-hydrogen) atoms. The van der Waals surface area contributed by atoms with Crippen LogP contribution >= 0.6 is 11.8 Å². The first-order valence-corrected chi connectivity index (χ1v) is 7.42. The van der Waals surface area contributed by atoms with Crippen molar-refractivity contribution in [2.75, 3.05) is 13.7 Å². The molecule has 1 aliphatic heterocycles. The number of ether oxygens (including phenoxy) is 2. The molecule has 0 bridgehead atoms.